The summed E-state index contributed by atoms with van der Waals surface area (Å²) in [6.45, 7) is 15.1. The molecular weight excluding hydrogens is 356 g/mol. The average molecular weight is 407 g/mol. The van der Waals surface area contributed by atoms with Crippen LogP contribution >= 0.6 is 0 Å². The van der Waals surface area contributed by atoms with Crippen LogP contribution in [0.25, 0.3) is 0 Å². The van der Waals surface area contributed by atoms with Crippen molar-refractivity contribution in [3.8, 4) is 0 Å². The molecular formula is C26H50N2O. The van der Waals surface area contributed by atoms with Crippen molar-refractivity contribution in [1.82, 2.24) is 9.80 Å². The molecule has 1 amide bonds. The van der Waals surface area contributed by atoms with Gasteiger partial charge in [0.15, 0.2) is 0 Å². The Kier molecular flexibility index (Phi) is 11.0. The fourth-order valence-electron chi connectivity index (χ4n) is 5.35. The van der Waals surface area contributed by atoms with E-state index in [1.165, 1.54) is 90.3 Å². The number of hydrogen-bond donors (Lipinski definition) is 0. The lowest BCUT2D eigenvalue weighted by Gasteiger charge is -2.47. The van der Waals surface area contributed by atoms with E-state index < -0.39 is 0 Å². The molecule has 3 nitrogen and oxygen atoms in total. The Morgan fingerprint density at radius 3 is 1.93 bits per heavy atom. The number of nitrogens with zero attached hydrogens (tertiary/aromatic N) is 2. The van der Waals surface area contributed by atoms with Crippen molar-refractivity contribution in [2.24, 2.45) is 17.3 Å². The molecule has 0 N–H and O–H groups in total. The van der Waals surface area contributed by atoms with Gasteiger partial charge in [-0.25, -0.2) is 0 Å². The number of unbranched alkanes of at least 4 members (excludes halogenated alkanes) is 2. The topological polar surface area (TPSA) is 23.6 Å². The van der Waals surface area contributed by atoms with Gasteiger partial charge in [0.1, 0.15) is 0 Å². The fraction of sp³-hybridized carbons (Fsp3) is 0.962. The molecule has 1 atom stereocenters. The number of piperidine rings is 2. The van der Waals surface area contributed by atoms with Gasteiger partial charge in [-0.05, 0) is 75.3 Å². The monoisotopic (exact) mass is 406 g/mol. The van der Waals surface area contributed by atoms with E-state index in [4.69, 9.17) is 0 Å². The largest absolute Gasteiger partial charge is 0.343 e. The van der Waals surface area contributed by atoms with Gasteiger partial charge in [-0.15, -0.1) is 0 Å². The van der Waals surface area contributed by atoms with E-state index in [2.05, 4.69) is 37.5 Å². The van der Waals surface area contributed by atoms with Crippen molar-refractivity contribution in [3.05, 3.63) is 0 Å². The SMILES string of the molecule is CCCCC(CCCC)CN1CCC2(CC1)CCN(C(=O)CCC(C)CC)CC2. The Bertz CT molecular complexity index is 438. The van der Waals surface area contributed by atoms with E-state index in [0.717, 1.165) is 31.8 Å². The molecule has 2 fully saturated rings. The summed E-state index contributed by atoms with van der Waals surface area (Å²) < 4.78 is 0. The summed E-state index contributed by atoms with van der Waals surface area (Å²) in [4.78, 5) is 17.5. The molecule has 2 aliphatic rings. The molecule has 2 saturated heterocycles. The van der Waals surface area contributed by atoms with Crippen molar-refractivity contribution in [2.75, 3.05) is 32.7 Å². The highest BCUT2D eigenvalue weighted by atomic mass is 16.2. The lowest BCUT2D eigenvalue weighted by Crippen LogP contribution is -2.48. The predicted molar refractivity (Wildman–Crippen MR) is 125 cm³/mol. The quantitative estimate of drug-likeness (QED) is 0.368. The van der Waals surface area contributed by atoms with Crippen LogP contribution in [0.1, 0.15) is 111 Å². The summed E-state index contributed by atoms with van der Waals surface area (Å²) in [5.74, 6) is 2.00. The highest BCUT2D eigenvalue weighted by Gasteiger charge is 2.38. The summed E-state index contributed by atoms with van der Waals surface area (Å²) in [6.07, 6.45) is 16.5. The van der Waals surface area contributed by atoms with Gasteiger partial charge in [-0.3, -0.25) is 4.79 Å². The molecule has 0 bridgehead atoms. The first-order chi connectivity index (χ1) is 14.0. The second kappa shape index (κ2) is 13.0. The Morgan fingerprint density at radius 1 is 0.862 bits per heavy atom. The maximum atomic E-state index is 12.6. The van der Waals surface area contributed by atoms with E-state index in [1.807, 2.05) is 0 Å². The molecule has 0 radical (unpaired) electrons. The predicted octanol–water partition coefficient (Wildman–Crippen LogP) is 6.51. The van der Waals surface area contributed by atoms with Gasteiger partial charge >= 0.3 is 0 Å². The second-order valence-electron chi connectivity index (χ2n) is 10.4. The number of carbonyl (C=O) groups is 1. The van der Waals surface area contributed by atoms with Crippen LogP contribution in [0.2, 0.25) is 0 Å². The normalized spacial score (nSPS) is 21.1. The third-order valence-electron chi connectivity index (χ3n) is 8.09. The summed E-state index contributed by atoms with van der Waals surface area (Å²) in [5.41, 5.74) is 0.534. The molecule has 0 aromatic heterocycles. The third-order valence-corrected chi connectivity index (χ3v) is 8.09. The maximum Gasteiger partial charge on any atom is 0.222 e. The minimum atomic E-state index is 0.410. The van der Waals surface area contributed by atoms with E-state index in [0.29, 0.717) is 17.2 Å². The van der Waals surface area contributed by atoms with Gasteiger partial charge in [0.05, 0.1) is 0 Å². The molecule has 1 unspecified atom stereocenters. The molecule has 2 rings (SSSR count). The number of rotatable bonds is 12. The van der Waals surface area contributed by atoms with Gasteiger partial charge in [0.2, 0.25) is 5.91 Å². The van der Waals surface area contributed by atoms with Gasteiger partial charge in [0, 0.05) is 26.1 Å². The van der Waals surface area contributed by atoms with E-state index in [-0.39, 0.29) is 0 Å². The van der Waals surface area contributed by atoms with Gasteiger partial charge in [-0.2, -0.15) is 0 Å². The molecule has 2 aliphatic heterocycles. The van der Waals surface area contributed by atoms with E-state index in [9.17, 15) is 4.79 Å². The Balaban J connectivity index is 1.72. The van der Waals surface area contributed by atoms with Crippen LogP contribution in [0, 0.1) is 17.3 Å². The van der Waals surface area contributed by atoms with E-state index in [1.54, 1.807) is 0 Å². The molecule has 3 heteroatoms. The molecule has 1 spiro atoms. The zero-order chi connectivity index (χ0) is 21.1. The molecule has 0 aromatic rings. The van der Waals surface area contributed by atoms with Crippen LogP contribution < -0.4 is 0 Å². The zero-order valence-corrected chi connectivity index (χ0v) is 20.2. The lowest BCUT2D eigenvalue weighted by molar-refractivity contribution is -0.134. The fourth-order valence-corrected chi connectivity index (χ4v) is 5.35. The van der Waals surface area contributed by atoms with Crippen LogP contribution in [0.3, 0.4) is 0 Å². The number of hydrogen-bond acceptors (Lipinski definition) is 2. The minimum Gasteiger partial charge on any atom is -0.343 e. The highest BCUT2D eigenvalue weighted by Crippen LogP contribution is 2.41. The Hall–Kier alpha value is -0.570. The smallest absolute Gasteiger partial charge is 0.222 e. The van der Waals surface area contributed by atoms with Crippen LogP contribution in [-0.4, -0.2) is 48.4 Å². The van der Waals surface area contributed by atoms with Gasteiger partial charge < -0.3 is 9.80 Å². The summed E-state index contributed by atoms with van der Waals surface area (Å²) >= 11 is 0. The lowest BCUT2D eigenvalue weighted by atomic mass is 9.71. The van der Waals surface area contributed by atoms with Crippen LogP contribution in [-0.2, 0) is 4.79 Å². The van der Waals surface area contributed by atoms with Crippen molar-refractivity contribution in [3.63, 3.8) is 0 Å². The molecule has 0 saturated carbocycles. The van der Waals surface area contributed by atoms with Gasteiger partial charge in [-0.1, -0.05) is 59.8 Å². The van der Waals surface area contributed by atoms with Crippen LogP contribution in [0.4, 0.5) is 0 Å². The maximum absolute atomic E-state index is 12.6. The van der Waals surface area contributed by atoms with Crippen molar-refractivity contribution >= 4 is 5.91 Å². The van der Waals surface area contributed by atoms with Crippen LogP contribution in [0.15, 0.2) is 0 Å². The molecule has 2 heterocycles. The average Bonchev–Trinajstić information content (AvgIpc) is 2.75. The van der Waals surface area contributed by atoms with Crippen LogP contribution in [0.5, 0.6) is 0 Å². The standard InChI is InChI=1S/C26H50N2O/c1-5-8-10-24(11-9-6-2)22-27-18-14-26(15-19-27)16-20-28(21-17-26)25(29)13-12-23(4)7-3/h23-24H,5-22H2,1-4H3. The first kappa shape index (κ1) is 24.7. The van der Waals surface area contributed by atoms with Crippen molar-refractivity contribution in [1.29, 1.82) is 0 Å². The first-order valence-electron chi connectivity index (χ1n) is 13.0. The number of carbonyl (C=O) groups excluding carboxylic acids is 1. The number of likely N-dealkylation sites (tertiary alicyclic amines) is 2. The van der Waals surface area contributed by atoms with Crippen molar-refractivity contribution in [2.45, 2.75) is 111 Å². The highest BCUT2D eigenvalue weighted by molar-refractivity contribution is 5.76. The molecule has 0 aliphatic carbocycles. The van der Waals surface area contributed by atoms with E-state index >= 15 is 0 Å². The zero-order valence-electron chi connectivity index (χ0n) is 20.2. The Labute approximate surface area is 182 Å². The molecule has 170 valence electrons. The minimum absolute atomic E-state index is 0.410. The third kappa shape index (κ3) is 8.23. The molecule has 0 aromatic carbocycles. The number of amides is 1. The van der Waals surface area contributed by atoms with Gasteiger partial charge in [0.25, 0.3) is 0 Å². The van der Waals surface area contributed by atoms with Crippen molar-refractivity contribution < 1.29 is 4.79 Å². The summed E-state index contributed by atoms with van der Waals surface area (Å²) in [5, 5.41) is 0. The first-order valence-corrected chi connectivity index (χ1v) is 13.0. The second-order valence-corrected chi connectivity index (χ2v) is 10.4. The summed E-state index contributed by atoms with van der Waals surface area (Å²) in [6, 6.07) is 0. The summed E-state index contributed by atoms with van der Waals surface area (Å²) in [7, 11) is 0. The molecule has 29 heavy (non-hydrogen) atoms. The Morgan fingerprint density at radius 2 is 1.41 bits per heavy atom.